The van der Waals surface area contributed by atoms with Gasteiger partial charge in [0.05, 0.1) is 13.7 Å². The maximum atomic E-state index is 12.3. The van der Waals surface area contributed by atoms with Crippen molar-refractivity contribution in [2.24, 2.45) is 0 Å². The molecule has 118 valence electrons. The zero-order valence-electron chi connectivity index (χ0n) is 10.6. The lowest BCUT2D eigenvalue weighted by Crippen LogP contribution is -2.44. The van der Waals surface area contributed by atoms with Crippen molar-refractivity contribution in [2.45, 2.75) is 25.1 Å². The largest absolute Gasteiger partial charge is 0.496 e. The second-order valence-electron chi connectivity index (χ2n) is 3.96. The Kier molecular flexibility index (Phi) is 5.21. The number of methoxy groups -OCH3 is 1. The molecular weight excluding hydrogens is 306 g/mol. The van der Waals surface area contributed by atoms with Crippen molar-refractivity contribution in [1.82, 2.24) is 0 Å². The lowest BCUT2D eigenvalue weighted by Gasteiger charge is -2.23. The fraction of sp³-hybridized carbons (Fsp3) is 0.417. The Morgan fingerprint density at radius 2 is 1.71 bits per heavy atom. The maximum absolute atomic E-state index is 12.3. The SMILES string of the molecule is COc1ccc(C=O)cc1COC(C(F)(F)F)C(F)(F)F. The first-order chi connectivity index (χ1) is 9.59. The van der Waals surface area contributed by atoms with Gasteiger partial charge >= 0.3 is 12.4 Å². The minimum Gasteiger partial charge on any atom is -0.496 e. The highest BCUT2D eigenvalue weighted by Crippen LogP contribution is 2.36. The van der Waals surface area contributed by atoms with Crippen molar-refractivity contribution >= 4 is 6.29 Å². The van der Waals surface area contributed by atoms with Gasteiger partial charge in [-0.3, -0.25) is 4.79 Å². The molecule has 0 N–H and O–H groups in total. The van der Waals surface area contributed by atoms with Crippen molar-refractivity contribution in [1.29, 1.82) is 0 Å². The van der Waals surface area contributed by atoms with Gasteiger partial charge in [-0.25, -0.2) is 0 Å². The van der Waals surface area contributed by atoms with Gasteiger partial charge in [-0.15, -0.1) is 0 Å². The molecule has 0 bridgehead atoms. The molecule has 21 heavy (non-hydrogen) atoms. The van der Waals surface area contributed by atoms with Crippen LogP contribution in [0.15, 0.2) is 18.2 Å². The van der Waals surface area contributed by atoms with E-state index in [-0.39, 0.29) is 16.9 Å². The summed E-state index contributed by atoms with van der Waals surface area (Å²) < 4.78 is 82.6. The number of hydrogen-bond donors (Lipinski definition) is 0. The molecule has 0 aliphatic rings. The topological polar surface area (TPSA) is 35.5 Å². The Balaban J connectivity index is 2.97. The van der Waals surface area contributed by atoms with Crippen LogP contribution in [-0.2, 0) is 11.3 Å². The fourth-order valence-electron chi connectivity index (χ4n) is 1.53. The number of hydrogen-bond acceptors (Lipinski definition) is 3. The number of aldehydes is 1. The van der Waals surface area contributed by atoms with Gasteiger partial charge in [-0.1, -0.05) is 0 Å². The molecule has 0 spiro atoms. The predicted octanol–water partition coefficient (Wildman–Crippen LogP) is 3.52. The summed E-state index contributed by atoms with van der Waals surface area (Å²) in [4.78, 5) is 10.6. The van der Waals surface area contributed by atoms with E-state index in [1.165, 1.54) is 19.2 Å². The summed E-state index contributed by atoms with van der Waals surface area (Å²) in [6.07, 6.45) is -14.7. The molecule has 9 heteroatoms. The van der Waals surface area contributed by atoms with Crippen LogP contribution in [0.1, 0.15) is 15.9 Å². The Labute approximate surface area is 115 Å². The van der Waals surface area contributed by atoms with Crippen LogP contribution in [0.2, 0.25) is 0 Å². The van der Waals surface area contributed by atoms with Crippen LogP contribution in [0.5, 0.6) is 5.75 Å². The molecule has 0 aliphatic carbocycles. The van der Waals surface area contributed by atoms with E-state index in [1.807, 2.05) is 0 Å². The second-order valence-corrected chi connectivity index (χ2v) is 3.96. The van der Waals surface area contributed by atoms with Gasteiger partial charge in [0.25, 0.3) is 0 Å². The Morgan fingerprint density at radius 1 is 1.14 bits per heavy atom. The van der Waals surface area contributed by atoms with Crippen molar-refractivity contribution in [3.63, 3.8) is 0 Å². The van der Waals surface area contributed by atoms with Gasteiger partial charge in [-0.2, -0.15) is 26.3 Å². The summed E-state index contributed by atoms with van der Waals surface area (Å²) in [6, 6.07) is 3.65. The van der Waals surface area contributed by atoms with Crippen LogP contribution in [0.3, 0.4) is 0 Å². The minimum atomic E-state index is -5.59. The Bertz CT molecular complexity index is 481. The lowest BCUT2D eigenvalue weighted by atomic mass is 10.1. The summed E-state index contributed by atoms with van der Waals surface area (Å²) in [5.41, 5.74) is -0.0226. The number of benzene rings is 1. The van der Waals surface area contributed by atoms with Crippen LogP contribution in [-0.4, -0.2) is 31.9 Å². The van der Waals surface area contributed by atoms with Crippen LogP contribution in [0, 0.1) is 0 Å². The average molecular weight is 316 g/mol. The van der Waals surface area contributed by atoms with Gasteiger partial charge in [-0.05, 0) is 18.2 Å². The van der Waals surface area contributed by atoms with Crippen LogP contribution >= 0.6 is 0 Å². The van der Waals surface area contributed by atoms with Crippen molar-refractivity contribution in [2.75, 3.05) is 7.11 Å². The zero-order chi connectivity index (χ0) is 16.3. The molecule has 0 heterocycles. The lowest BCUT2D eigenvalue weighted by molar-refractivity contribution is -0.324. The van der Waals surface area contributed by atoms with Crippen LogP contribution in [0.25, 0.3) is 0 Å². The third kappa shape index (κ3) is 4.62. The number of halogens is 6. The molecule has 1 aromatic rings. The van der Waals surface area contributed by atoms with Crippen molar-refractivity contribution in [3.05, 3.63) is 29.3 Å². The zero-order valence-corrected chi connectivity index (χ0v) is 10.6. The number of ether oxygens (including phenoxy) is 2. The third-order valence-electron chi connectivity index (χ3n) is 2.44. The number of alkyl halides is 6. The van der Waals surface area contributed by atoms with E-state index < -0.39 is 25.1 Å². The molecule has 1 aromatic carbocycles. The highest BCUT2D eigenvalue weighted by molar-refractivity contribution is 5.75. The molecular formula is C12H10F6O3. The molecule has 0 atom stereocenters. The Hall–Kier alpha value is -1.77. The summed E-state index contributed by atoms with van der Waals surface area (Å²) in [6.45, 7) is -1.01. The first kappa shape index (κ1) is 17.3. The standard InChI is InChI=1S/C12H10F6O3/c1-20-9-3-2-7(5-19)4-8(9)6-21-10(11(13,14)15)12(16,17)18/h2-5,10H,6H2,1H3. The molecule has 0 fully saturated rings. The highest BCUT2D eigenvalue weighted by atomic mass is 19.4. The highest BCUT2D eigenvalue weighted by Gasteiger charge is 2.58. The van der Waals surface area contributed by atoms with E-state index in [0.717, 1.165) is 6.07 Å². The molecule has 0 unspecified atom stereocenters. The molecule has 0 saturated heterocycles. The summed E-state index contributed by atoms with van der Waals surface area (Å²) in [5.74, 6) is 0.0173. The van der Waals surface area contributed by atoms with Gasteiger partial charge < -0.3 is 9.47 Å². The average Bonchev–Trinajstić information content (AvgIpc) is 2.35. The van der Waals surface area contributed by atoms with Gasteiger partial charge in [0, 0.05) is 11.1 Å². The fourth-order valence-corrected chi connectivity index (χ4v) is 1.53. The molecule has 0 amide bonds. The Morgan fingerprint density at radius 3 is 2.14 bits per heavy atom. The number of carbonyl (C=O) groups is 1. The summed E-state index contributed by atoms with van der Waals surface area (Å²) in [5, 5.41) is 0. The molecule has 0 aliphatic heterocycles. The maximum Gasteiger partial charge on any atom is 0.423 e. The van der Waals surface area contributed by atoms with E-state index in [1.54, 1.807) is 0 Å². The summed E-state index contributed by atoms with van der Waals surface area (Å²) >= 11 is 0. The molecule has 0 radical (unpaired) electrons. The van der Waals surface area contributed by atoms with E-state index in [2.05, 4.69) is 4.74 Å². The van der Waals surface area contributed by atoms with Crippen LogP contribution in [0.4, 0.5) is 26.3 Å². The van der Waals surface area contributed by atoms with Gasteiger partial charge in [0.2, 0.25) is 6.10 Å². The minimum absolute atomic E-state index is 0.0173. The van der Waals surface area contributed by atoms with Gasteiger partial charge in [0.1, 0.15) is 12.0 Å². The monoisotopic (exact) mass is 316 g/mol. The van der Waals surface area contributed by atoms with Crippen LogP contribution < -0.4 is 4.74 Å². The molecule has 1 rings (SSSR count). The first-order valence-corrected chi connectivity index (χ1v) is 5.46. The number of carbonyl (C=O) groups excluding carboxylic acids is 1. The quantitative estimate of drug-likeness (QED) is 0.616. The molecule has 0 saturated carbocycles. The normalized spacial score (nSPS) is 12.6. The van der Waals surface area contributed by atoms with E-state index in [0.29, 0.717) is 6.29 Å². The smallest absolute Gasteiger partial charge is 0.423 e. The second kappa shape index (κ2) is 6.33. The third-order valence-corrected chi connectivity index (χ3v) is 2.44. The molecule has 3 nitrogen and oxygen atoms in total. The van der Waals surface area contributed by atoms with E-state index in [4.69, 9.17) is 4.74 Å². The van der Waals surface area contributed by atoms with E-state index >= 15 is 0 Å². The molecule has 0 aromatic heterocycles. The van der Waals surface area contributed by atoms with Gasteiger partial charge in [0.15, 0.2) is 0 Å². The van der Waals surface area contributed by atoms with Crippen molar-refractivity contribution < 1.29 is 40.6 Å². The van der Waals surface area contributed by atoms with Crippen molar-refractivity contribution in [3.8, 4) is 5.75 Å². The predicted molar refractivity (Wildman–Crippen MR) is 59.1 cm³/mol. The first-order valence-electron chi connectivity index (χ1n) is 5.46. The van der Waals surface area contributed by atoms with E-state index in [9.17, 15) is 31.1 Å². The number of rotatable bonds is 5. The summed E-state index contributed by atoms with van der Waals surface area (Å²) in [7, 11) is 1.18.